The van der Waals surface area contributed by atoms with Gasteiger partial charge in [-0.1, -0.05) is 18.2 Å². The second-order valence-electron chi connectivity index (χ2n) is 7.13. The summed E-state index contributed by atoms with van der Waals surface area (Å²) < 4.78 is 1.55. The van der Waals surface area contributed by atoms with E-state index in [1.54, 1.807) is 4.68 Å². The van der Waals surface area contributed by atoms with Crippen molar-refractivity contribution in [2.45, 2.75) is 32.6 Å². The summed E-state index contributed by atoms with van der Waals surface area (Å²) >= 11 is 0. The molecule has 2 aliphatic rings. The Bertz CT molecular complexity index is 949. The van der Waals surface area contributed by atoms with Gasteiger partial charge in [0, 0.05) is 12.6 Å². The number of anilines is 2. The van der Waals surface area contributed by atoms with E-state index in [4.69, 9.17) is 5.84 Å². The SMILES string of the molecule is CC(=O)N1CC(=O)c2c(Nc3ccccc3)c(C3C=CNC(C)N3)n(N)c2C1. The molecule has 1 aromatic carbocycles. The van der Waals surface area contributed by atoms with Gasteiger partial charge in [0.1, 0.15) is 0 Å². The number of nitrogens with zero attached hydrogens (tertiary/aromatic N) is 2. The standard InChI is InChI=1S/C20H24N6O2/c1-12-22-9-8-15(23-12)20-19(24-14-6-4-3-5-7-14)18-16(26(20)21)10-25(13(2)27)11-17(18)28/h3-9,12,15,22-24H,10-11,21H2,1-2H3. The molecule has 1 aromatic heterocycles. The number of carbonyl (C=O) groups excluding carboxylic acids is 2. The summed E-state index contributed by atoms with van der Waals surface area (Å²) in [6.07, 6.45) is 3.90. The molecule has 1 amide bonds. The van der Waals surface area contributed by atoms with E-state index in [9.17, 15) is 9.59 Å². The smallest absolute Gasteiger partial charge is 0.220 e. The zero-order valence-electron chi connectivity index (χ0n) is 15.9. The van der Waals surface area contributed by atoms with Crippen molar-refractivity contribution in [2.24, 2.45) is 0 Å². The van der Waals surface area contributed by atoms with Crippen LogP contribution in [0.15, 0.2) is 42.6 Å². The fourth-order valence-corrected chi connectivity index (χ4v) is 3.76. The molecular weight excluding hydrogens is 356 g/mol. The minimum atomic E-state index is -0.184. The molecule has 0 spiro atoms. The zero-order valence-corrected chi connectivity index (χ0v) is 15.9. The summed E-state index contributed by atoms with van der Waals surface area (Å²) in [5.41, 5.74) is 3.51. The third-order valence-corrected chi connectivity index (χ3v) is 5.15. The highest BCUT2D eigenvalue weighted by Gasteiger charge is 2.36. The molecule has 0 saturated carbocycles. The Morgan fingerprint density at radius 1 is 1.25 bits per heavy atom. The highest BCUT2D eigenvalue weighted by atomic mass is 16.2. The first kappa shape index (κ1) is 18.1. The van der Waals surface area contributed by atoms with Crippen LogP contribution in [0, 0.1) is 0 Å². The van der Waals surface area contributed by atoms with E-state index in [2.05, 4.69) is 16.0 Å². The molecule has 8 heteroatoms. The van der Waals surface area contributed by atoms with Gasteiger partial charge >= 0.3 is 0 Å². The number of fused-ring (bicyclic) bond motifs is 1. The van der Waals surface area contributed by atoms with Crippen LogP contribution in [0.5, 0.6) is 0 Å². The molecule has 0 radical (unpaired) electrons. The first-order valence-electron chi connectivity index (χ1n) is 9.27. The molecule has 0 saturated heterocycles. The summed E-state index contributed by atoms with van der Waals surface area (Å²) in [5.74, 6) is 6.21. The summed E-state index contributed by atoms with van der Waals surface area (Å²) in [5, 5.41) is 10.00. The molecule has 0 fully saturated rings. The topological polar surface area (TPSA) is 104 Å². The highest BCUT2D eigenvalue weighted by molar-refractivity contribution is 6.07. The molecule has 2 atom stereocenters. The molecule has 8 nitrogen and oxygen atoms in total. The van der Waals surface area contributed by atoms with Crippen LogP contribution in [0.1, 0.15) is 41.6 Å². The number of aromatic nitrogens is 1. The Balaban J connectivity index is 1.86. The Morgan fingerprint density at radius 3 is 2.68 bits per heavy atom. The molecule has 28 heavy (non-hydrogen) atoms. The zero-order chi connectivity index (χ0) is 19.8. The summed E-state index contributed by atoms with van der Waals surface area (Å²) in [7, 11) is 0. The maximum absolute atomic E-state index is 13.0. The fourth-order valence-electron chi connectivity index (χ4n) is 3.76. The second kappa shape index (κ2) is 7.05. The molecule has 2 aliphatic heterocycles. The first-order chi connectivity index (χ1) is 13.5. The van der Waals surface area contributed by atoms with Crippen LogP contribution in [0.3, 0.4) is 0 Å². The average Bonchev–Trinajstić information content (AvgIpc) is 2.95. The van der Waals surface area contributed by atoms with Crippen molar-refractivity contribution >= 4 is 23.1 Å². The van der Waals surface area contributed by atoms with E-state index in [-0.39, 0.29) is 30.4 Å². The summed E-state index contributed by atoms with van der Waals surface area (Å²) in [6, 6.07) is 9.48. The van der Waals surface area contributed by atoms with Crippen molar-refractivity contribution in [1.82, 2.24) is 20.2 Å². The van der Waals surface area contributed by atoms with Gasteiger partial charge in [0.25, 0.3) is 0 Å². The second-order valence-corrected chi connectivity index (χ2v) is 7.13. The van der Waals surface area contributed by atoms with Crippen molar-refractivity contribution in [3.63, 3.8) is 0 Å². The number of hydrogen-bond donors (Lipinski definition) is 4. The van der Waals surface area contributed by atoms with Gasteiger partial charge in [-0.15, -0.1) is 0 Å². The molecule has 2 unspecified atom stereocenters. The molecular formula is C20H24N6O2. The lowest BCUT2D eigenvalue weighted by Crippen LogP contribution is -2.43. The Kier molecular flexibility index (Phi) is 4.56. The first-order valence-corrected chi connectivity index (χ1v) is 9.27. The molecule has 146 valence electrons. The largest absolute Gasteiger partial charge is 0.376 e. The van der Waals surface area contributed by atoms with E-state index in [0.29, 0.717) is 23.5 Å². The van der Waals surface area contributed by atoms with Crippen LogP contribution in [-0.2, 0) is 11.3 Å². The van der Waals surface area contributed by atoms with Crippen LogP contribution < -0.4 is 21.8 Å². The predicted molar refractivity (Wildman–Crippen MR) is 107 cm³/mol. The van der Waals surface area contributed by atoms with Gasteiger partial charge in [-0.05, 0) is 31.3 Å². The number of hydrogen-bond acceptors (Lipinski definition) is 6. The molecule has 5 N–H and O–H groups in total. The van der Waals surface area contributed by atoms with Gasteiger partial charge in [0.15, 0.2) is 5.78 Å². The molecule has 2 aromatic rings. The number of rotatable bonds is 3. The van der Waals surface area contributed by atoms with Crippen LogP contribution >= 0.6 is 0 Å². The summed E-state index contributed by atoms with van der Waals surface area (Å²) in [4.78, 5) is 26.4. The van der Waals surface area contributed by atoms with Gasteiger partial charge in [-0.2, -0.15) is 0 Å². The van der Waals surface area contributed by atoms with Crippen LogP contribution in [0.4, 0.5) is 11.4 Å². The monoisotopic (exact) mass is 380 g/mol. The number of nitrogens with one attached hydrogen (secondary N) is 3. The van der Waals surface area contributed by atoms with E-state index < -0.39 is 0 Å². The summed E-state index contributed by atoms with van der Waals surface area (Å²) in [6.45, 7) is 3.83. The van der Waals surface area contributed by atoms with Crippen molar-refractivity contribution in [2.75, 3.05) is 17.7 Å². The lowest BCUT2D eigenvalue weighted by molar-refractivity contribution is -0.129. The van der Waals surface area contributed by atoms with Crippen molar-refractivity contribution in [3.8, 4) is 0 Å². The van der Waals surface area contributed by atoms with E-state index in [1.165, 1.54) is 11.8 Å². The number of nitrogens with two attached hydrogens (primary N) is 1. The minimum absolute atomic E-state index is 0.0518. The van der Waals surface area contributed by atoms with Gasteiger partial charge in [-0.25, -0.2) is 0 Å². The van der Waals surface area contributed by atoms with Gasteiger partial charge in [-0.3, -0.25) is 19.6 Å². The predicted octanol–water partition coefficient (Wildman–Crippen LogP) is 1.58. The number of benzene rings is 1. The van der Waals surface area contributed by atoms with Crippen molar-refractivity contribution in [1.29, 1.82) is 0 Å². The fraction of sp³-hybridized carbons (Fsp3) is 0.300. The Morgan fingerprint density at radius 2 is 2.00 bits per heavy atom. The molecule has 3 heterocycles. The molecule has 0 bridgehead atoms. The lowest BCUT2D eigenvalue weighted by atomic mass is 10.0. The molecule has 4 rings (SSSR count). The number of ketones is 1. The lowest BCUT2D eigenvalue weighted by Gasteiger charge is -2.27. The normalized spacial score (nSPS) is 21.2. The minimum Gasteiger partial charge on any atom is -0.376 e. The van der Waals surface area contributed by atoms with Gasteiger partial charge < -0.3 is 21.4 Å². The maximum Gasteiger partial charge on any atom is 0.220 e. The average molecular weight is 380 g/mol. The third-order valence-electron chi connectivity index (χ3n) is 5.15. The van der Waals surface area contributed by atoms with E-state index in [1.807, 2.05) is 49.5 Å². The van der Waals surface area contributed by atoms with Crippen molar-refractivity contribution in [3.05, 3.63) is 59.6 Å². The quantitative estimate of drug-likeness (QED) is 0.603. The van der Waals surface area contributed by atoms with Gasteiger partial charge in [0.05, 0.1) is 47.9 Å². The number of para-hydroxylation sites is 1. The number of Topliss-reactive ketones (excluding diaryl/α,β-unsaturated/α-hetero) is 1. The maximum atomic E-state index is 13.0. The number of carbonyl (C=O) groups is 2. The third kappa shape index (κ3) is 3.11. The number of amides is 1. The Hall–Kier alpha value is -3.26. The molecule has 0 aliphatic carbocycles. The van der Waals surface area contributed by atoms with Crippen molar-refractivity contribution < 1.29 is 9.59 Å². The highest BCUT2D eigenvalue weighted by Crippen LogP contribution is 2.37. The number of nitrogen functional groups attached to an aromatic ring is 1. The van der Waals surface area contributed by atoms with Crippen LogP contribution in [0.25, 0.3) is 0 Å². The van der Waals surface area contributed by atoms with Gasteiger partial charge in [0.2, 0.25) is 5.91 Å². The van der Waals surface area contributed by atoms with E-state index >= 15 is 0 Å². The van der Waals surface area contributed by atoms with E-state index in [0.717, 1.165) is 11.4 Å². The van der Waals surface area contributed by atoms with Crippen LogP contribution in [-0.4, -0.2) is 34.0 Å². The van der Waals surface area contributed by atoms with Crippen LogP contribution in [0.2, 0.25) is 0 Å². The Labute approximate surface area is 163 Å².